The Kier molecular flexibility index (Phi) is 5.44. The zero-order valence-electron chi connectivity index (χ0n) is 8.99. The maximum atomic E-state index is 4.31. The van der Waals surface area contributed by atoms with E-state index in [4.69, 9.17) is 0 Å². The van der Waals surface area contributed by atoms with Crippen LogP contribution in [-0.2, 0) is 0 Å². The van der Waals surface area contributed by atoms with Crippen molar-refractivity contribution in [2.45, 2.75) is 25.1 Å². The fraction of sp³-hybridized carbons (Fsp3) is 0.778. The molecule has 1 heterocycles. The van der Waals surface area contributed by atoms with Crippen molar-refractivity contribution < 1.29 is 0 Å². The van der Waals surface area contributed by atoms with Crippen LogP contribution in [0, 0.1) is 6.92 Å². The summed E-state index contributed by atoms with van der Waals surface area (Å²) < 4.78 is 5.24. The van der Waals surface area contributed by atoms with Crippen LogP contribution in [0.1, 0.15) is 19.7 Å². The number of aryl methyl sites for hydroxylation is 1. The van der Waals surface area contributed by atoms with Crippen LogP contribution in [0.25, 0.3) is 0 Å². The highest BCUT2D eigenvalue weighted by atomic mass is 32.2. The summed E-state index contributed by atoms with van der Waals surface area (Å²) in [6.45, 7) is 9.73. The Balaban J connectivity index is 2.21. The van der Waals surface area contributed by atoms with Gasteiger partial charge in [-0.05, 0) is 31.5 Å². The first-order chi connectivity index (χ1) is 6.76. The van der Waals surface area contributed by atoms with Crippen molar-refractivity contribution in [1.29, 1.82) is 0 Å². The van der Waals surface area contributed by atoms with Crippen molar-refractivity contribution in [2.75, 3.05) is 25.4 Å². The summed E-state index contributed by atoms with van der Waals surface area (Å²) in [7, 11) is 0. The van der Waals surface area contributed by atoms with E-state index in [-0.39, 0.29) is 0 Å². The minimum atomic E-state index is 0.889. The van der Waals surface area contributed by atoms with Gasteiger partial charge in [-0.1, -0.05) is 25.6 Å². The van der Waals surface area contributed by atoms with Gasteiger partial charge in [0.1, 0.15) is 5.82 Å². The van der Waals surface area contributed by atoms with Gasteiger partial charge in [0.2, 0.25) is 0 Å². The summed E-state index contributed by atoms with van der Waals surface area (Å²) in [6.07, 6.45) is 0. The van der Waals surface area contributed by atoms with Gasteiger partial charge >= 0.3 is 0 Å². The van der Waals surface area contributed by atoms with Crippen molar-refractivity contribution in [1.82, 2.24) is 14.3 Å². The van der Waals surface area contributed by atoms with Crippen molar-refractivity contribution in [2.24, 2.45) is 0 Å². The molecule has 0 atom stereocenters. The fourth-order valence-corrected chi connectivity index (χ4v) is 2.86. The molecule has 1 rings (SSSR count). The number of rotatable bonds is 6. The molecule has 80 valence electrons. The lowest BCUT2D eigenvalue weighted by Crippen LogP contribution is -2.25. The summed E-state index contributed by atoms with van der Waals surface area (Å²) in [5.41, 5.74) is 0. The van der Waals surface area contributed by atoms with Crippen LogP contribution in [0.15, 0.2) is 4.34 Å². The van der Waals surface area contributed by atoms with Crippen LogP contribution in [0.4, 0.5) is 0 Å². The van der Waals surface area contributed by atoms with Gasteiger partial charge in [-0.15, -0.1) is 0 Å². The van der Waals surface area contributed by atoms with E-state index in [1.54, 1.807) is 11.8 Å². The van der Waals surface area contributed by atoms with Crippen LogP contribution in [0.2, 0.25) is 0 Å². The molecule has 3 nitrogen and oxygen atoms in total. The molecule has 0 aliphatic heterocycles. The Bertz CT molecular complexity index is 258. The highest BCUT2D eigenvalue weighted by Crippen LogP contribution is 2.19. The summed E-state index contributed by atoms with van der Waals surface area (Å²) in [5.74, 6) is 2.00. The van der Waals surface area contributed by atoms with Crippen LogP contribution in [0.5, 0.6) is 0 Å². The van der Waals surface area contributed by atoms with Gasteiger partial charge in [0.15, 0.2) is 4.34 Å². The lowest BCUT2D eigenvalue weighted by molar-refractivity contribution is 0.324. The first-order valence-corrected chi connectivity index (χ1v) is 6.67. The van der Waals surface area contributed by atoms with E-state index in [1.165, 1.54) is 11.5 Å². The van der Waals surface area contributed by atoms with Crippen LogP contribution >= 0.6 is 23.3 Å². The predicted octanol–water partition coefficient (Wildman–Crippen LogP) is 2.28. The molecule has 14 heavy (non-hydrogen) atoms. The molecule has 0 saturated heterocycles. The average molecular weight is 231 g/mol. The number of thioether (sulfide) groups is 1. The van der Waals surface area contributed by atoms with Crippen LogP contribution in [0.3, 0.4) is 0 Å². The lowest BCUT2D eigenvalue weighted by Gasteiger charge is -2.16. The third-order valence-electron chi connectivity index (χ3n) is 2.04. The molecule has 0 fully saturated rings. The second-order valence-corrected chi connectivity index (χ2v) is 5.08. The number of hydrogen-bond donors (Lipinski definition) is 0. The van der Waals surface area contributed by atoms with E-state index in [0.29, 0.717) is 0 Å². The maximum Gasteiger partial charge on any atom is 0.170 e. The molecule has 0 aromatic carbocycles. The quantitative estimate of drug-likeness (QED) is 0.702. The molecule has 1 aromatic heterocycles. The molecule has 0 spiro atoms. The Hall–Kier alpha value is -0.130. The van der Waals surface area contributed by atoms with E-state index in [2.05, 4.69) is 28.1 Å². The number of hydrogen-bond acceptors (Lipinski definition) is 5. The molecule has 0 saturated carbocycles. The maximum absolute atomic E-state index is 4.31. The second-order valence-electron chi connectivity index (χ2n) is 2.98. The minimum Gasteiger partial charge on any atom is -0.303 e. The third kappa shape index (κ3) is 3.94. The van der Waals surface area contributed by atoms with Crippen molar-refractivity contribution in [3.05, 3.63) is 5.82 Å². The normalized spacial score (nSPS) is 11.1. The summed E-state index contributed by atoms with van der Waals surface area (Å²) in [6, 6.07) is 0. The Morgan fingerprint density at radius 2 is 2.07 bits per heavy atom. The topological polar surface area (TPSA) is 29.0 Å². The molecule has 1 aromatic rings. The SMILES string of the molecule is CCN(CC)CCSc1nc(C)ns1. The van der Waals surface area contributed by atoms with E-state index in [9.17, 15) is 0 Å². The monoisotopic (exact) mass is 231 g/mol. The number of aromatic nitrogens is 2. The van der Waals surface area contributed by atoms with E-state index in [0.717, 1.165) is 35.6 Å². The molecular weight excluding hydrogens is 214 g/mol. The van der Waals surface area contributed by atoms with Crippen molar-refractivity contribution >= 4 is 23.3 Å². The van der Waals surface area contributed by atoms with Crippen molar-refractivity contribution in [3.8, 4) is 0 Å². The largest absolute Gasteiger partial charge is 0.303 e. The smallest absolute Gasteiger partial charge is 0.170 e. The highest BCUT2D eigenvalue weighted by Gasteiger charge is 2.02. The van der Waals surface area contributed by atoms with Gasteiger partial charge in [-0.3, -0.25) is 0 Å². The van der Waals surface area contributed by atoms with E-state index < -0.39 is 0 Å². The standard InChI is InChI=1S/C9H17N3S2/c1-4-12(5-2)6-7-13-9-10-8(3)11-14-9/h4-7H2,1-3H3. The minimum absolute atomic E-state index is 0.889. The average Bonchev–Trinajstić information content (AvgIpc) is 2.59. The third-order valence-corrected chi connectivity index (χ3v) is 3.94. The van der Waals surface area contributed by atoms with Gasteiger partial charge in [0.05, 0.1) is 0 Å². The summed E-state index contributed by atoms with van der Waals surface area (Å²) in [4.78, 5) is 6.73. The Morgan fingerprint density at radius 1 is 1.36 bits per heavy atom. The van der Waals surface area contributed by atoms with Crippen LogP contribution in [-0.4, -0.2) is 39.6 Å². The second kappa shape index (κ2) is 6.37. The van der Waals surface area contributed by atoms with Gasteiger partial charge in [0.25, 0.3) is 0 Å². The molecule has 0 amide bonds. The lowest BCUT2D eigenvalue weighted by atomic mass is 10.5. The molecule has 0 radical (unpaired) electrons. The highest BCUT2D eigenvalue weighted by molar-refractivity contribution is 8.00. The van der Waals surface area contributed by atoms with Crippen molar-refractivity contribution in [3.63, 3.8) is 0 Å². The molecule has 0 aliphatic carbocycles. The molecule has 0 aliphatic rings. The molecule has 0 bridgehead atoms. The van der Waals surface area contributed by atoms with E-state index in [1.807, 2.05) is 6.92 Å². The molecule has 0 unspecified atom stereocenters. The number of nitrogens with zero attached hydrogens (tertiary/aromatic N) is 3. The molecule has 5 heteroatoms. The first kappa shape index (κ1) is 11.9. The predicted molar refractivity (Wildman–Crippen MR) is 63.2 cm³/mol. The van der Waals surface area contributed by atoms with Gasteiger partial charge < -0.3 is 4.90 Å². The van der Waals surface area contributed by atoms with Gasteiger partial charge in [-0.2, -0.15) is 4.37 Å². The molecular formula is C9H17N3S2. The Labute approximate surface area is 94.1 Å². The van der Waals surface area contributed by atoms with E-state index >= 15 is 0 Å². The fourth-order valence-electron chi connectivity index (χ4n) is 1.14. The van der Waals surface area contributed by atoms with Gasteiger partial charge in [-0.25, -0.2) is 4.98 Å². The Morgan fingerprint density at radius 3 is 2.57 bits per heavy atom. The van der Waals surface area contributed by atoms with Crippen LogP contribution < -0.4 is 0 Å². The summed E-state index contributed by atoms with van der Waals surface area (Å²) >= 11 is 3.30. The van der Waals surface area contributed by atoms with Gasteiger partial charge in [0, 0.05) is 12.3 Å². The zero-order chi connectivity index (χ0) is 10.4. The summed E-state index contributed by atoms with van der Waals surface area (Å²) in [5, 5.41) is 0. The first-order valence-electron chi connectivity index (χ1n) is 4.91. The zero-order valence-corrected chi connectivity index (χ0v) is 10.6. The molecule has 0 N–H and O–H groups in total.